The highest BCUT2D eigenvalue weighted by molar-refractivity contribution is 7.92. The first-order chi connectivity index (χ1) is 14.9. The Labute approximate surface area is 184 Å². The SMILES string of the molecule is C=CCN(c1ccc(C(=O)N(Cc2ccccc2)Cc2ccccc2)cc1)S(C)(=O)=O. The van der Waals surface area contributed by atoms with Crippen LogP contribution in [-0.2, 0) is 23.1 Å². The van der Waals surface area contributed by atoms with Crippen molar-refractivity contribution in [3.05, 3.63) is 114 Å². The van der Waals surface area contributed by atoms with Crippen molar-refractivity contribution in [1.82, 2.24) is 4.90 Å². The number of hydrogen-bond donors (Lipinski definition) is 0. The molecule has 0 heterocycles. The van der Waals surface area contributed by atoms with E-state index in [-0.39, 0.29) is 12.5 Å². The number of amides is 1. The van der Waals surface area contributed by atoms with Crippen LogP contribution in [0.25, 0.3) is 0 Å². The van der Waals surface area contributed by atoms with Gasteiger partial charge < -0.3 is 4.90 Å². The molecule has 0 spiro atoms. The summed E-state index contributed by atoms with van der Waals surface area (Å²) in [5.41, 5.74) is 3.08. The molecule has 0 unspecified atom stereocenters. The van der Waals surface area contributed by atoms with Gasteiger partial charge in [0.1, 0.15) is 0 Å². The summed E-state index contributed by atoms with van der Waals surface area (Å²) in [5, 5.41) is 0. The lowest BCUT2D eigenvalue weighted by Crippen LogP contribution is -2.31. The third-order valence-corrected chi connectivity index (χ3v) is 5.98. The van der Waals surface area contributed by atoms with E-state index in [4.69, 9.17) is 0 Å². The molecule has 0 aliphatic carbocycles. The van der Waals surface area contributed by atoms with Gasteiger partial charge in [-0.3, -0.25) is 9.10 Å². The van der Waals surface area contributed by atoms with Crippen LogP contribution in [0.4, 0.5) is 5.69 Å². The number of rotatable bonds is 9. The van der Waals surface area contributed by atoms with Crippen molar-refractivity contribution in [3.63, 3.8) is 0 Å². The van der Waals surface area contributed by atoms with Gasteiger partial charge in [-0.2, -0.15) is 0 Å². The molecule has 3 aromatic carbocycles. The lowest BCUT2D eigenvalue weighted by molar-refractivity contribution is 0.0730. The van der Waals surface area contributed by atoms with Crippen molar-refractivity contribution in [2.45, 2.75) is 13.1 Å². The number of carbonyl (C=O) groups is 1. The summed E-state index contributed by atoms with van der Waals surface area (Å²) in [7, 11) is -3.44. The normalized spacial score (nSPS) is 11.0. The minimum atomic E-state index is -3.44. The van der Waals surface area contributed by atoms with Gasteiger partial charge in [0.15, 0.2) is 0 Å². The fraction of sp³-hybridized carbons (Fsp3) is 0.160. The second-order valence-electron chi connectivity index (χ2n) is 7.26. The highest BCUT2D eigenvalue weighted by Crippen LogP contribution is 2.20. The van der Waals surface area contributed by atoms with Gasteiger partial charge in [0.25, 0.3) is 5.91 Å². The molecule has 0 aliphatic rings. The number of nitrogens with zero attached hydrogens (tertiary/aromatic N) is 2. The fourth-order valence-electron chi connectivity index (χ4n) is 3.31. The zero-order valence-corrected chi connectivity index (χ0v) is 18.3. The summed E-state index contributed by atoms with van der Waals surface area (Å²) in [6, 6.07) is 26.3. The van der Waals surface area contributed by atoms with E-state index in [1.54, 1.807) is 29.2 Å². The van der Waals surface area contributed by atoms with Gasteiger partial charge in [-0.05, 0) is 35.4 Å². The Morgan fingerprint density at radius 3 is 1.74 bits per heavy atom. The van der Waals surface area contributed by atoms with Crippen molar-refractivity contribution < 1.29 is 13.2 Å². The molecule has 3 rings (SSSR count). The predicted octanol–water partition coefficient (Wildman–Crippen LogP) is 4.48. The number of anilines is 1. The van der Waals surface area contributed by atoms with E-state index in [0.717, 1.165) is 17.4 Å². The lowest BCUT2D eigenvalue weighted by atomic mass is 10.1. The summed E-state index contributed by atoms with van der Waals surface area (Å²) in [6.07, 6.45) is 2.68. The topological polar surface area (TPSA) is 57.7 Å². The fourth-order valence-corrected chi connectivity index (χ4v) is 4.19. The van der Waals surface area contributed by atoms with Gasteiger partial charge in [0, 0.05) is 18.7 Å². The van der Waals surface area contributed by atoms with Gasteiger partial charge >= 0.3 is 0 Å². The smallest absolute Gasteiger partial charge is 0.254 e. The van der Waals surface area contributed by atoms with Gasteiger partial charge in [-0.25, -0.2) is 8.42 Å². The van der Waals surface area contributed by atoms with E-state index in [1.807, 2.05) is 60.7 Å². The molecule has 31 heavy (non-hydrogen) atoms. The van der Waals surface area contributed by atoms with Crippen molar-refractivity contribution in [2.24, 2.45) is 0 Å². The lowest BCUT2D eigenvalue weighted by Gasteiger charge is -2.24. The second kappa shape index (κ2) is 10.1. The zero-order valence-electron chi connectivity index (χ0n) is 17.5. The maximum absolute atomic E-state index is 13.3. The average Bonchev–Trinajstić information content (AvgIpc) is 2.77. The third kappa shape index (κ3) is 6.06. The maximum Gasteiger partial charge on any atom is 0.254 e. The van der Waals surface area contributed by atoms with E-state index in [2.05, 4.69) is 6.58 Å². The Hall–Kier alpha value is -3.38. The molecule has 0 atom stereocenters. The summed E-state index contributed by atoms with van der Waals surface area (Å²) in [6.45, 7) is 4.74. The van der Waals surface area contributed by atoms with E-state index in [0.29, 0.717) is 24.3 Å². The molecular weight excluding hydrogens is 408 g/mol. The molecule has 5 nitrogen and oxygen atoms in total. The van der Waals surface area contributed by atoms with Gasteiger partial charge in [0.05, 0.1) is 18.5 Å². The zero-order chi connectivity index (χ0) is 22.3. The Bertz CT molecular complexity index is 1070. The average molecular weight is 435 g/mol. The summed E-state index contributed by atoms with van der Waals surface area (Å²) in [4.78, 5) is 15.1. The first-order valence-electron chi connectivity index (χ1n) is 9.94. The number of hydrogen-bond acceptors (Lipinski definition) is 3. The molecule has 0 saturated heterocycles. The minimum absolute atomic E-state index is 0.117. The second-order valence-corrected chi connectivity index (χ2v) is 9.17. The van der Waals surface area contributed by atoms with Crippen LogP contribution in [0.2, 0.25) is 0 Å². The van der Waals surface area contributed by atoms with E-state index >= 15 is 0 Å². The van der Waals surface area contributed by atoms with Crippen LogP contribution in [-0.4, -0.2) is 32.0 Å². The maximum atomic E-state index is 13.3. The molecule has 1 amide bonds. The summed E-state index contributed by atoms with van der Waals surface area (Å²) < 4.78 is 25.4. The van der Waals surface area contributed by atoms with Crippen molar-refractivity contribution in [2.75, 3.05) is 17.1 Å². The Morgan fingerprint density at radius 2 is 1.32 bits per heavy atom. The van der Waals surface area contributed by atoms with Crippen LogP contribution in [0.1, 0.15) is 21.5 Å². The quantitative estimate of drug-likeness (QED) is 0.467. The van der Waals surface area contributed by atoms with Gasteiger partial charge in [-0.1, -0.05) is 66.7 Å². The van der Waals surface area contributed by atoms with Crippen LogP contribution < -0.4 is 4.31 Å². The molecule has 0 aromatic heterocycles. The van der Waals surface area contributed by atoms with Crippen LogP contribution >= 0.6 is 0 Å². The first-order valence-corrected chi connectivity index (χ1v) is 11.8. The van der Waals surface area contributed by atoms with E-state index in [1.165, 1.54) is 10.4 Å². The Balaban J connectivity index is 1.87. The van der Waals surface area contributed by atoms with Crippen molar-refractivity contribution in [3.8, 4) is 0 Å². The highest BCUT2D eigenvalue weighted by atomic mass is 32.2. The standard InChI is InChI=1S/C25H26N2O3S/c1-3-18-27(31(2,29)30)24-16-14-23(15-17-24)25(28)26(19-21-10-6-4-7-11-21)20-22-12-8-5-9-13-22/h3-17H,1,18-20H2,2H3. The van der Waals surface area contributed by atoms with Crippen LogP contribution in [0.3, 0.4) is 0 Å². The van der Waals surface area contributed by atoms with Crippen LogP contribution in [0.15, 0.2) is 97.6 Å². The molecule has 0 N–H and O–H groups in total. The monoisotopic (exact) mass is 434 g/mol. The summed E-state index contributed by atoms with van der Waals surface area (Å²) >= 11 is 0. The summed E-state index contributed by atoms with van der Waals surface area (Å²) in [5.74, 6) is -0.117. The van der Waals surface area contributed by atoms with Crippen molar-refractivity contribution >= 4 is 21.6 Å². The molecule has 3 aromatic rings. The molecular formula is C25H26N2O3S. The Kier molecular flexibility index (Phi) is 7.26. The van der Waals surface area contributed by atoms with E-state index < -0.39 is 10.0 Å². The van der Waals surface area contributed by atoms with Crippen molar-refractivity contribution in [1.29, 1.82) is 0 Å². The highest BCUT2D eigenvalue weighted by Gasteiger charge is 2.19. The number of benzene rings is 3. The van der Waals surface area contributed by atoms with E-state index in [9.17, 15) is 13.2 Å². The molecule has 160 valence electrons. The largest absolute Gasteiger partial charge is 0.330 e. The molecule has 0 saturated carbocycles. The molecule has 0 aliphatic heterocycles. The number of carbonyl (C=O) groups excluding carboxylic acids is 1. The van der Waals surface area contributed by atoms with Crippen LogP contribution in [0, 0.1) is 0 Å². The third-order valence-electron chi connectivity index (χ3n) is 4.82. The number of sulfonamides is 1. The predicted molar refractivity (Wildman–Crippen MR) is 125 cm³/mol. The molecule has 0 bridgehead atoms. The van der Waals surface area contributed by atoms with Gasteiger partial charge in [0.2, 0.25) is 10.0 Å². The molecule has 0 radical (unpaired) electrons. The molecule has 0 fully saturated rings. The minimum Gasteiger partial charge on any atom is -0.330 e. The van der Waals surface area contributed by atoms with Crippen LogP contribution in [0.5, 0.6) is 0 Å². The van der Waals surface area contributed by atoms with Gasteiger partial charge in [-0.15, -0.1) is 6.58 Å². The molecule has 6 heteroatoms. The first kappa shape index (κ1) is 22.3. The Morgan fingerprint density at radius 1 is 0.839 bits per heavy atom.